The molecule has 0 fully saturated rings. The molecule has 4 aromatic rings. The van der Waals surface area contributed by atoms with Crippen molar-refractivity contribution < 1.29 is 28.4 Å². The molecular weight excluding hydrogens is 443 g/mol. The molecule has 0 saturated heterocycles. The molecule has 4 rings (SSSR count). The van der Waals surface area contributed by atoms with E-state index in [1.807, 2.05) is 48.5 Å². The van der Waals surface area contributed by atoms with E-state index in [1.54, 1.807) is 48.5 Å². The van der Waals surface area contributed by atoms with Gasteiger partial charge in [0, 0.05) is 11.1 Å². The van der Waals surface area contributed by atoms with Crippen molar-refractivity contribution >= 4 is 20.3 Å². The Bertz CT molecular complexity index is 1160. The average Bonchev–Trinajstić information content (AvgIpc) is 2.92. The van der Waals surface area contributed by atoms with Crippen LogP contribution in [0.15, 0.2) is 97.1 Å². The van der Waals surface area contributed by atoms with Gasteiger partial charge in [-0.15, -0.1) is 0 Å². The van der Waals surface area contributed by atoms with Gasteiger partial charge in [-0.3, -0.25) is 9.59 Å². The van der Waals surface area contributed by atoms with Crippen LogP contribution in [0, 0.1) is 0 Å². The van der Waals surface area contributed by atoms with Gasteiger partial charge in [-0.25, -0.2) is 0 Å². The fourth-order valence-corrected chi connectivity index (χ4v) is 3.23. The molecule has 0 aromatic heterocycles. The lowest BCUT2D eigenvalue weighted by Gasteiger charge is -2.11. The Morgan fingerprint density at radius 1 is 0.543 bits per heavy atom. The fraction of sp³-hybridized carbons (Fsp3) is 0.0714. The molecular formula is C28H23BO6. The summed E-state index contributed by atoms with van der Waals surface area (Å²) in [5.41, 5.74) is 3.11. The summed E-state index contributed by atoms with van der Waals surface area (Å²) in [6, 6.07) is 29.1. The molecule has 0 aliphatic carbocycles. The minimum absolute atomic E-state index is 0.0505. The number of benzene rings is 4. The van der Waals surface area contributed by atoms with E-state index in [9.17, 15) is 9.59 Å². The minimum atomic E-state index is 0.0505. The minimum Gasteiger partial charge on any atom is -0.529 e. The number of hydrogen-bond acceptors (Lipinski definition) is 6. The van der Waals surface area contributed by atoms with E-state index in [2.05, 4.69) is 0 Å². The molecule has 0 N–H and O–H groups in total. The lowest BCUT2D eigenvalue weighted by atomic mass is 10.2. The third-order valence-electron chi connectivity index (χ3n) is 5.09. The molecule has 0 bridgehead atoms. The first-order chi connectivity index (χ1) is 17.2. The maximum Gasteiger partial charge on any atom is 0.576 e. The van der Waals surface area contributed by atoms with Gasteiger partial charge in [0.2, 0.25) is 0 Å². The predicted molar refractivity (Wildman–Crippen MR) is 134 cm³/mol. The Labute approximate surface area is 204 Å². The summed E-state index contributed by atoms with van der Waals surface area (Å²) in [5, 5.41) is 0. The van der Waals surface area contributed by atoms with Crippen molar-refractivity contribution in [2.45, 2.75) is 13.2 Å². The largest absolute Gasteiger partial charge is 0.576 e. The Balaban J connectivity index is 1.24. The van der Waals surface area contributed by atoms with Gasteiger partial charge in [-0.2, -0.15) is 0 Å². The molecule has 0 unspecified atom stereocenters. The highest BCUT2D eigenvalue weighted by Crippen LogP contribution is 2.19. The van der Waals surface area contributed by atoms with Crippen molar-refractivity contribution in [3.05, 3.63) is 119 Å². The van der Waals surface area contributed by atoms with Crippen molar-refractivity contribution in [3.63, 3.8) is 0 Å². The highest BCUT2D eigenvalue weighted by molar-refractivity contribution is 6.20. The third-order valence-corrected chi connectivity index (χ3v) is 5.09. The van der Waals surface area contributed by atoms with E-state index in [4.69, 9.17) is 18.8 Å². The van der Waals surface area contributed by atoms with Crippen LogP contribution in [0.4, 0.5) is 0 Å². The van der Waals surface area contributed by atoms with Gasteiger partial charge in [-0.1, -0.05) is 24.3 Å². The first kappa shape index (κ1) is 23.6. The molecule has 0 radical (unpaired) electrons. The van der Waals surface area contributed by atoms with Crippen LogP contribution >= 0.6 is 0 Å². The van der Waals surface area contributed by atoms with E-state index < -0.39 is 0 Å². The molecule has 6 nitrogen and oxygen atoms in total. The van der Waals surface area contributed by atoms with Gasteiger partial charge in [0.25, 0.3) is 0 Å². The van der Waals surface area contributed by atoms with Crippen LogP contribution in [0.2, 0.25) is 0 Å². The molecule has 0 heterocycles. The van der Waals surface area contributed by atoms with Gasteiger partial charge in [0.05, 0.1) is 0 Å². The van der Waals surface area contributed by atoms with Gasteiger partial charge < -0.3 is 18.8 Å². The lowest BCUT2D eigenvalue weighted by Crippen LogP contribution is -2.11. The zero-order chi connectivity index (χ0) is 24.3. The summed E-state index contributed by atoms with van der Waals surface area (Å²) >= 11 is 0. The smallest absolute Gasteiger partial charge is 0.529 e. The maximum atomic E-state index is 10.7. The summed E-state index contributed by atoms with van der Waals surface area (Å²) in [4.78, 5) is 21.5. The zero-order valence-corrected chi connectivity index (χ0v) is 19.0. The number of hydrogen-bond donors (Lipinski definition) is 0. The SMILES string of the molecule is O=Cc1ccc(OCc2cccc(OBOc3cccc(COc4ccc(C=O)cc4)c3)c2)cc1. The summed E-state index contributed by atoms with van der Waals surface area (Å²) < 4.78 is 23.0. The van der Waals surface area contributed by atoms with Crippen LogP contribution < -0.4 is 18.8 Å². The summed E-state index contributed by atoms with van der Waals surface area (Å²) in [7, 11) is 0.0505. The van der Waals surface area contributed by atoms with Crippen molar-refractivity contribution in [1.82, 2.24) is 0 Å². The monoisotopic (exact) mass is 466 g/mol. The molecule has 0 aliphatic heterocycles. The molecule has 4 aromatic carbocycles. The van der Waals surface area contributed by atoms with Crippen LogP contribution in [0.25, 0.3) is 0 Å². The molecule has 0 saturated carbocycles. The van der Waals surface area contributed by atoms with Crippen molar-refractivity contribution in [2.75, 3.05) is 0 Å². The van der Waals surface area contributed by atoms with Gasteiger partial charge in [0.1, 0.15) is 48.8 Å². The molecule has 0 spiro atoms. The molecule has 7 heteroatoms. The second-order valence-corrected chi connectivity index (χ2v) is 7.65. The summed E-state index contributed by atoms with van der Waals surface area (Å²) in [5.74, 6) is 2.71. The molecule has 0 amide bonds. The van der Waals surface area contributed by atoms with E-state index in [-0.39, 0.29) is 7.69 Å². The van der Waals surface area contributed by atoms with E-state index in [0.717, 1.165) is 23.7 Å². The normalized spacial score (nSPS) is 10.2. The molecule has 35 heavy (non-hydrogen) atoms. The van der Waals surface area contributed by atoms with Crippen molar-refractivity contribution in [2.24, 2.45) is 0 Å². The van der Waals surface area contributed by atoms with Crippen molar-refractivity contribution in [1.29, 1.82) is 0 Å². The second-order valence-electron chi connectivity index (χ2n) is 7.65. The van der Waals surface area contributed by atoms with E-state index >= 15 is 0 Å². The molecule has 0 aliphatic rings. The standard InChI is InChI=1S/C28H23BO6/c30-17-21-7-11-25(12-8-21)32-19-23-3-1-5-27(15-23)34-29-35-28-6-2-4-24(16-28)20-33-26-13-9-22(18-31)10-14-26/h1-18,29H,19-20H2. The number of carbonyl (C=O) groups is 2. The highest BCUT2D eigenvalue weighted by Gasteiger charge is 2.04. The predicted octanol–water partition coefficient (Wildman–Crippen LogP) is 5.19. The number of ether oxygens (including phenoxy) is 2. The van der Waals surface area contributed by atoms with Gasteiger partial charge in [0.15, 0.2) is 0 Å². The van der Waals surface area contributed by atoms with Gasteiger partial charge >= 0.3 is 7.69 Å². The fourth-order valence-electron chi connectivity index (χ4n) is 3.23. The Hall–Kier alpha value is -4.52. The first-order valence-corrected chi connectivity index (χ1v) is 11.0. The Morgan fingerprint density at radius 3 is 1.37 bits per heavy atom. The molecule has 0 atom stereocenters. The number of rotatable bonds is 12. The van der Waals surface area contributed by atoms with Gasteiger partial charge in [-0.05, 0) is 83.9 Å². The second kappa shape index (κ2) is 12.1. The van der Waals surface area contributed by atoms with Crippen molar-refractivity contribution in [3.8, 4) is 23.0 Å². The number of carbonyl (C=O) groups excluding carboxylic acids is 2. The highest BCUT2D eigenvalue weighted by atomic mass is 16.6. The zero-order valence-electron chi connectivity index (χ0n) is 19.0. The average molecular weight is 466 g/mol. The maximum absolute atomic E-state index is 10.7. The molecule has 174 valence electrons. The number of aldehydes is 2. The van der Waals surface area contributed by atoms with E-state index in [1.165, 1.54) is 0 Å². The van der Waals surface area contributed by atoms with Crippen LogP contribution in [0.3, 0.4) is 0 Å². The van der Waals surface area contributed by atoms with Crippen LogP contribution in [0.1, 0.15) is 31.8 Å². The first-order valence-electron chi connectivity index (χ1n) is 11.0. The lowest BCUT2D eigenvalue weighted by molar-refractivity contribution is 0.111. The van der Waals surface area contributed by atoms with Crippen LogP contribution in [0.5, 0.6) is 23.0 Å². The summed E-state index contributed by atoms with van der Waals surface area (Å²) in [6.45, 7) is 0.747. The topological polar surface area (TPSA) is 71.1 Å². The van der Waals surface area contributed by atoms with E-state index in [0.29, 0.717) is 47.3 Å². The summed E-state index contributed by atoms with van der Waals surface area (Å²) in [6.07, 6.45) is 1.60. The Kier molecular flexibility index (Phi) is 8.16. The van der Waals surface area contributed by atoms with Crippen LogP contribution in [-0.4, -0.2) is 20.3 Å². The van der Waals surface area contributed by atoms with Crippen LogP contribution in [-0.2, 0) is 13.2 Å². The third kappa shape index (κ3) is 7.24. The quantitative estimate of drug-likeness (QED) is 0.211. The Morgan fingerprint density at radius 2 is 0.971 bits per heavy atom.